The topological polar surface area (TPSA) is 111 Å². The summed E-state index contributed by atoms with van der Waals surface area (Å²) in [6.45, 7) is 11.2. The van der Waals surface area contributed by atoms with Crippen LogP contribution in [0.2, 0.25) is 18.1 Å². The van der Waals surface area contributed by atoms with Crippen molar-refractivity contribution in [1.29, 1.82) is 0 Å². The third-order valence-corrected chi connectivity index (χ3v) is 11.1. The number of nitrogens with one attached hydrogen (secondary N) is 1. The normalized spacial score (nSPS) is 21.5. The van der Waals surface area contributed by atoms with Crippen LogP contribution >= 0.6 is 0 Å². The smallest absolute Gasteiger partial charge is 0.256 e. The molecule has 0 spiro atoms. The van der Waals surface area contributed by atoms with Crippen LogP contribution in [0, 0.1) is 0 Å². The van der Waals surface area contributed by atoms with Gasteiger partial charge in [-0.3, -0.25) is 9.36 Å². The Morgan fingerprint density at radius 1 is 1.24 bits per heavy atom. The van der Waals surface area contributed by atoms with Crippen LogP contribution in [0.3, 0.4) is 0 Å². The first-order chi connectivity index (χ1) is 15.6. The quantitative estimate of drug-likeness (QED) is 0.529. The van der Waals surface area contributed by atoms with E-state index in [0.717, 1.165) is 0 Å². The van der Waals surface area contributed by atoms with E-state index in [0.29, 0.717) is 35.6 Å². The number of aliphatic hydroxyl groups is 1. The van der Waals surface area contributed by atoms with E-state index in [9.17, 15) is 9.90 Å². The van der Waals surface area contributed by atoms with Crippen molar-refractivity contribution in [3.8, 4) is 0 Å². The van der Waals surface area contributed by atoms with Crippen LogP contribution in [0.1, 0.15) is 43.8 Å². The number of rotatable bonds is 6. The molecule has 0 bridgehead atoms. The van der Waals surface area contributed by atoms with Gasteiger partial charge in [-0.2, -0.15) is 0 Å². The van der Waals surface area contributed by atoms with Crippen LogP contribution < -0.4 is 5.32 Å². The zero-order valence-electron chi connectivity index (χ0n) is 19.6. The summed E-state index contributed by atoms with van der Waals surface area (Å²) >= 11 is 0. The number of benzene rings is 1. The third kappa shape index (κ3) is 4.84. The average molecular weight is 470 g/mol. The minimum atomic E-state index is -1.96. The SMILES string of the molecule is CC(C)(C)[Si](C)(C)OC[C@H]1OC(n2cnc3c(NC(=O)c4ccccc4)ncnc32)C[C@@H]1O. The molecule has 10 heteroatoms. The van der Waals surface area contributed by atoms with Crippen molar-refractivity contribution in [2.24, 2.45) is 0 Å². The molecule has 3 atom stereocenters. The van der Waals surface area contributed by atoms with Crippen LogP contribution in [0.15, 0.2) is 43.0 Å². The van der Waals surface area contributed by atoms with Crippen LogP contribution in [0.4, 0.5) is 5.82 Å². The molecule has 3 heterocycles. The Balaban J connectivity index is 1.49. The number of nitrogens with zero attached hydrogens (tertiary/aromatic N) is 4. The summed E-state index contributed by atoms with van der Waals surface area (Å²) in [5, 5.41) is 13.5. The molecule has 4 rings (SSSR count). The van der Waals surface area contributed by atoms with Gasteiger partial charge in [0, 0.05) is 12.0 Å². The molecule has 1 amide bonds. The van der Waals surface area contributed by atoms with E-state index in [1.807, 2.05) is 6.07 Å². The monoisotopic (exact) mass is 469 g/mol. The fraction of sp³-hybridized carbons (Fsp3) is 0.478. The van der Waals surface area contributed by atoms with Crippen LogP contribution in [-0.2, 0) is 9.16 Å². The minimum absolute atomic E-state index is 0.0774. The van der Waals surface area contributed by atoms with E-state index >= 15 is 0 Å². The van der Waals surface area contributed by atoms with E-state index in [2.05, 4.69) is 54.1 Å². The number of carbonyl (C=O) groups excluding carboxylic acids is 1. The number of imidazole rings is 1. The number of amides is 1. The zero-order chi connectivity index (χ0) is 23.8. The summed E-state index contributed by atoms with van der Waals surface area (Å²) in [6.07, 6.45) is 1.85. The fourth-order valence-corrected chi connectivity index (χ4v) is 4.48. The maximum atomic E-state index is 12.6. The van der Waals surface area contributed by atoms with Crippen molar-refractivity contribution in [1.82, 2.24) is 19.5 Å². The Labute approximate surface area is 194 Å². The third-order valence-electron chi connectivity index (χ3n) is 6.56. The number of hydrogen-bond acceptors (Lipinski definition) is 7. The maximum Gasteiger partial charge on any atom is 0.256 e. The van der Waals surface area contributed by atoms with Gasteiger partial charge in [-0.05, 0) is 30.3 Å². The van der Waals surface area contributed by atoms with E-state index < -0.39 is 26.8 Å². The Morgan fingerprint density at radius 3 is 2.67 bits per heavy atom. The Hall–Kier alpha value is -2.66. The van der Waals surface area contributed by atoms with Crippen molar-refractivity contribution in [3.05, 3.63) is 48.5 Å². The van der Waals surface area contributed by atoms with E-state index in [1.165, 1.54) is 6.33 Å². The molecule has 176 valence electrons. The van der Waals surface area contributed by atoms with Gasteiger partial charge in [0.1, 0.15) is 18.7 Å². The number of carbonyl (C=O) groups is 1. The lowest BCUT2D eigenvalue weighted by Gasteiger charge is -2.37. The highest BCUT2D eigenvalue weighted by atomic mass is 28.4. The van der Waals surface area contributed by atoms with Gasteiger partial charge in [-0.1, -0.05) is 39.0 Å². The summed E-state index contributed by atoms with van der Waals surface area (Å²) in [4.78, 5) is 25.5. The van der Waals surface area contributed by atoms with Crippen LogP contribution in [0.5, 0.6) is 0 Å². The number of fused-ring (bicyclic) bond motifs is 1. The molecule has 1 aliphatic heterocycles. The molecule has 1 unspecified atom stereocenters. The first-order valence-electron chi connectivity index (χ1n) is 11.1. The summed E-state index contributed by atoms with van der Waals surface area (Å²) in [5.41, 5.74) is 1.51. The molecular weight excluding hydrogens is 438 g/mol. The molecule has 0 saturated carbocycles. The van der Waals surface area contributed by atoms with Gasteiger partial charge < -0.3 is 19.6 Å². The van der Waals surface area contributed by atoms with E-state index in [4.69, 9.17) is 9.16 Å². The molecule has 0 aliphatic carbocycles. The van der Waals surface area contributed by atoms with Crippen LogP contribution in [0.25, 0.3) is 11.2 Å². The Kier molecular flexibility index (Phi) is 6.36. The Morgan fingerprint density at radius 2 is 1.97 bits per heavy atom. The Bertz CT molecular complexity index is 1130. The van der Waals surface area contributed by atoms with Gasteiger partial charge in [-0.25, -0.2) is 15.0 Å². The summed E-state index contributed by atoms with van der Waals surface area (Å²) in [6, 6.07) is 8.90. The molecule has 3 aromatic rings. The first-order valence-corrected chi connectivity index (χ1v) is 14.0. The predicted molar refractivity (Wildman–Crippen MR) is 127 cm³/mol. The molecule has 1 aromatic carbocycles. The van der Waals surface area contributed by atoms with Gasteiger partial charge in [-0.15, -0.1) is 0 Å². The lowest BCUT2D eigenvalue weighted by atomic mass is 10.2. The molecule has 2 N–H and O–H groups in total. The second kappa shape index (κ2) is 8.94. The highest BCUT2D eigenvalue weighted by Gasteiger charge is 2.41. The molecule has 2 aromatic heterocycles. The number of aromatic nitrogens is 4. The second-order valence-electron chi connectivity index (χ2n) is 9.87. The van der Waals surface area contributed by atoms with Crippen molar-refractivity contribution in [2.75, 3.05) is 11.9 Å². The van der Waals surface area contributed by atoms with Crippen molar-refractivity contribution < 1.29 is 19.1 Å². The van der Waals surface area contributed by atoms with E-state index in [-0.39, 0.29) is 10.9 Å². The van der Waals surface area contributed by atoms with Gasteiger partial charge in [0.15, 0.2) is 25.3 Å². The highest BCUT2D eigenvalue weighted by molar-refractivity contribution is 6.74. The fourth-order valence-electron chi connectivity index (χ4n) is 3.47. The summed E-state index contributed by atoms with van der Waals surface area (Å²) < 4.78 is 14.2. The predicted octanol–water partition coefficient (Wildman–Crippen LogP) is 3.75. The highest BCUT2D eigenvalue weighted by Crippen LogP contribution is 2.38. The molecule has 33 heavy (non-hydrogen) atoms. The number of ether oxygens (including phenoxy) is 1. The molecular formula is C23H31N5O4Si. The minimum Gasteiger partial charge on any atom is -0.414 e. The van der Waals surface area contributed by atoms with Crippen molar-refractivity contribution >= 4 is 31.2 Å². The lowest BCUT2D eigenvalue weighted by molar-refractivity contribution is -0.0405. The largest absolute Gasteiger partial charge is 0.414 e. The summed E-state index contributed by atoms with van der Waals surface area (Å²) in [7, 11) is -1.96. The van der Waals surface area contributed by atoms with Crippen molar-refractivity contribution in [3.63, 3.8) is 0 Å². The second-order valence-corrected chi connectivity index (χ2v) is 14.7. The first kappa shape index (κ1) is 23.5. The molecule has 0 radical (unpaired) electrons. The standard InChI is InChI=1S/C23H31N5O4Si/c1-23(2,3)33(4,5)31-12-17-16(29)11-18(32-17)28-14-26-19-20(24-13-25-21(19)28)27-22(30)15-9-7-6-8-10-15/h6-10,13-14,16-18,29H,11-12H2,1-5H3,(H,24,25,27,30)/t16-,17+,18?/m0/s1. The van der Waals surface area contributed by atoms with Gasteiger partial charge in [0.2, 0.25) is 0 Å². The van der Waals surface area contributed by atoms with Gasteiger partial charge in [0.25, 0.3) is 5.91 Å². The average Bonchev–Trinajstić information content (AvgIpc) is 3.36. The lowest BCUT2D eigenvalue weighted by Crippen LogP contribution is -2.43. The van der Waals surface area contributed by atoms with E-state index in [1.54, 1.807) is 35.2 Å². The van der Waals surface area contributed by atoms with Gasteiger partial charge >= 0.3 is 0 Å². The maximum absolute atomic E-state index is 12.6. The number of aliphatic hydroxyl groups excluding tert-OH is 1. The van der Waals surface area contributed by atoms with Gasteiger partial charge in [0.05, 0.1) is 19.0 Å². The molecule has 1 aliphatic rings. The number of anilines is 1. The zero-order valence-corrected chi connectivity index (χ0v) is 20.6. The van der Waals surface area contributed by atoms with Crippen molar-refractivity contribution in [2.45, 2.75) is 63.8 Å². The molecule has 1 fully saturated rings. The molecule has 1 saturated heterocycles. The molecule has 9 nitrogen and oxygen atoms in total. The number of hydrogen-bond donors (Lipinski definition) is 2. The summed E-state index contributed by atoms with van der Waals surface area (Å²) in [5.74, 6) is 0.0458. The van der Waals surface area contributed by atoms with Crippen LogP contribution in [-0.4, -0.2) is 57.7 Å².